The van der Waals surface area contributed by atoms with Gasteiger partial charge in [0.05, 0.1) is 12.2 Å². The summed E-state index contributed by atoms with van der Waals surface area (Å²) in [5, 5.41) is 0. The van der Waals surface area contributed by atoms with Crippen LogP contribution in [0.2, 0.25) is 0 Å². The largest absolute Gasteiger partial charge is 0.416 e. The zero-order chi connectivity index (χ0) is 15.6. The molecule has 0 aromatic carbocycles. The SMILES string of the molecule is FC(F)(F)c1ccnc(N2CCN(CC3CCOC3)CC2)c1. The number of alkyl halides is 3. The molecule has 2 aliphatic rings. The van der Waals surface area contributed by atoms with Crippen molar-refractivity contribution >= 4 is 5.82 Å². The summed E-state index contributed by atoms with van der Waals surface area (Å²) in [5.41, 5.74) is -0.636. The molecule has 2 aliphatic heterocycles. The molecular formula is C15H20F3N3O. The van der Waals surface area contributed by atoms with Crippen LogP contribution < -0.4 is 4.90 Å². The molecule has 22 heavy (non-hydrogen) atoms. The number of pyridine rings is 1. The lowest BCUT2D eigenvalue weighted by Gasteiger charge is -2.36. The molecule has 1 unspecified atom stereocenters. The zero-order valence-corrected chi connectivity index (χ0v) is 12.4. The molecule has 7 heteroatoms. The molecule has 1 atom stereocenters. The van der Waals surface area contributed by atoms with E-state index in [-0.39, 0.29) is 0 Å². The molecule has 1 aromatic rings. The molecule has 3 heterocycles. The van der Waals surface area contributed by atoms with Gasteiger partial charge in [-0.1, -0.05) is 0 Å². The first-order valence-corrected chi connectivity index (χ1v) is 7.60. The van der Waals surface area contributed by atoms with Crippen LogP contribution in [0.3, 0.4) is 0 Å². The highest BCUT2D eigenvalue weighted by Gasteiger charge is 2.31. The summed E-state index contributed by atoms with van der Waals surface area (Å²) in [6.45, 7) is 5.82. The van der Waals surface area contributed by atoms with Gasteiger partial charge in [-0.05, 0) is 24.5 Å². The van der Waals surface area contributed by atoms with Crippen LogP contribution in [0.15, 0.2) is 18.3 Å². The Balaban J connectivity index is 1.57. The fraction of sp³-hybridized carbons (Fsp3) is 0.667. The van der Waals surface area contributed by atoms with Crippen molar-refractivity contribution in [1.82, 2.24) is 9.88 Å². The van der Waals surface area contributed by atoms with Crippen LogP contribution in [0.5, 0.6) is 0 Å². The van der Waals surface area contributed by atoms with Gasteiger partial charge in [-0.3, -0.25) is 4.90 Å². The van der Waals surface area contributed by atoms with Gasteiger partial charge in [0, 0.05) is 45.5 Å². The maximum atomic E-state index is 12.8. The number of nitrogens with zero attached hydrogens (tertiary/aromatic N) is 3. The Bertz CT molecular complexity index is 495. The van der Waals surface area contributed by atoms with E-state index in [1.807, 2.05) is 4.90 Å². The minimum Gasteiger partial charge on any atom is -0.381 e. The Morgan fingerprint density at radius 3 is 2.64 bits per heavy atom. The molecule has 1 aromatic heterocycles. The molecule has 0 amide bonds. The number of rotatable bonds is 3. The number of aromatic nitrogens is 1. The third kappa shape index (κ3) is 3.70. The van der Waals surface area contributed by atoms with E-state index >= 15 is 0 Å². The van der Waals surface area contributed by atoms with E-state index in [9.17, 15) is 13.2 Å². The van der Waals surface area contributed by atoms with E-state index in [4.69, 9.17) is 4.74 Å². The van der Waals surface area contributed by atoms with E-state index in [0.717, 1.165) is 51.4 Å². The maximum Gasteiger partial charge on any atom is 0.416 e. The summed E-state index contributed by atoms with van der Waals surface area (Å²) < 4.78 is 43.7. The van der Waals surface area contributed by atoms with Crippen LogP contribution in [-0.4, -0.2) is 55.8 Å². The van der Waals surface area contributed by atoms with Gasteiger partial charge in [0.15, 0.2) is 0 Å². The normalized spacial score (nSPS) is 24.0. The van der Waals surface area contributed by atoms with Crippen LogP contribution in [0, 0.1) is 5.92 Å². The van der Waals surface area contributed by atoms with Gasteiger partial charge in [0.2, 0.25) is 0 Å². The van der Waals surface area contributed by atoms with E-state index in [0.29, 0.717) is 24.8 Å². The lowest BCUT2D eigenvalue weighted by atomic mass is 10.1. The van der Waals surface area contributed by atoms with Gasteiger partial charge >= 0.3 is 6.18 Å². The Morgan fingerprint density at radius 2 is 2.00 bits per heavy atom. The average molecular weight is 315 g/mol. The van der Waals surface area contributed by atoms with Crippen molar-refractivity contribution in [3.63, 3.8) is 0 Å². The lowest BCUT2D eigenvalue weighted by molar-refractivity contribution is -0.137. The van der Waals surface area contributed by atoms with E-state index in [2.05, 4.69) is 9.88 Å². The quantitative estimate of drug-likeness (QED) is 0.855. The topological polar surface area (TPSA) is 28.6 Å². The number of hydrogen-bond donors (Lipinski definition) is 0. The molecule has 0 bridgehead atoms. The molecule has 122 valence electrons. The second-order valence-corrected chi connectivity index (χ2v) is 5.92. The summed E-state index contributed by atoms with van der Waals surface area (Å²) in [7, 11) is 0. The van der Waals surface area contributed by atoms with Gasteiger partial charge in [-0.2, -0.15) is 13.2 Å². The summed E-state index contributed by atoms with van der Waals surface area (Å²) >= 11 is 0. The highest BCUT2D eigenvalue weighted by Crippen LogP contribution is 2.30. The summed E-state index contributed by atoms with van der Waals surface area (Å²) in [5.74, 6) is 1.01. The molecule has 0 radical (unpaired) electrons. The number of halogens is 3. The molecule has 0 aliphatic carbocycles. The van der Waals surface area contributed by atoms with Gasteiger partial charge in [-0.15, -0.1) is 0 Å². The first-order chi connectivity index (χ1) is 10.5. The standard InChI is InChI=1S/C15H20F3N3O/c16-15(17,18)13-1-3-19-14(9-13)21-6-4-20(5-7-21)10-12-2-8-22-11-12/h1,3,9,12H,2,4-8,10-11H2. The second-order valence-electron chi connectivity index (χ2n) is 5.92. The lowest BCUT2D eigenvalue weighted by Crippen LogP contribution is -2.48. The third-order valence-corrected chi connectivity index (χ3v) is 4.31. The van der Waals surface area contributed by atoms with Crippen LogP contribution in [-0.2, 0) is 10.9 Å². The summed E-state index contributed by atoms with van der Waals surface area (Å²) in [6, 6.07) is 2.15. The first kappa shape index (κ1) is 15.6. The average Bonchev–Trinajstić information content (AvgIpc) is 3.00. The number of hydrogen-bond acceptors (Lipinski definition) is 4. The molecule has 2 saturated heterocycles. The predicted molar refractivity (Wildman–Crippen MR) is 76.8 cm³/mol. The predicted octanol–water partition coefficient (Wildman–Crippen LogP) is 2.26. The van der Waals surface area contributed by atoms with Crippen molar-refractivity contribution < 1.29 is 17.9 Å². The molecule has 2 fully saturated rings. The molecule has 4 nitrogen and oxygen atoms in total. The first-order valence-electron chi connectivity index (χ1n) is 7.60. The van der Waals surface area contributed by atoms with Crippen molar-refractivity contribution in [1.29, 1.82) is 0 Å². The molecule has 0 N–H and O–H groups in total. The highest BCUT2D eigenvalue weighted by molar-refractivity contribution is 5.42. The minimum atomic E-state index is -4.32. The van der Waals surface area contributed by atoms with E-state index < -0.39 is 11.7 Å². The van der Waals surface area contributed by atoms with Crippen LogP contribution in [0.4, 0.5) is 19.0 Å². The molecule has 3 rings (SSSR count). The van der Waals surface area contributed by atoms with Crippen molar-refractivity contribution in [2.45, 2.75) is 12.6 Å². The minimum absolute atomic E-state index is 0.415. The third-order valence-electron chi connectivity index (χ3n) is 4.31. The monoisotopic (exact) mass is 315 g/mol. The van der Waals surface area contributed by atoms with E-state index in [1.165, 1.54) is 6.20 Å². The van der Waals surface area contributed by atoms with Gasteiger partial charge < -0.3 is 9.64 Å². The molecular weight excluding hydrogens is 295 g/mol. The maximum absolute atomic E-state index is 12.8. The zero-order valence-electron chi connectivity index (χ0n) is 12.4. The van der Waals surface area contributed by atoms with Gasteiger partial charge in [0.25, 0.3) is 0 Å². The Labute approximate surface area is 127 Å². The smallest absolute Gasteiger partial charge is 0.381 e. The van der Waals surface area contributed by atoms with Crippen LogP contribution in [0.1, 0.15) is 12.0 Å². The van der Waals surface area contributed by atoms with E-state index in [1.54, 1.807) is 0 Å². The number of anilines is 1. The van der Waals surface area contributed by atoms with Gasteiger partial charge in [0.1, 0.15) is 5.82 Å². The fourth-order valence-electron chi connectivity index (χ4n) is 3.02. The number of piperazine rings is 1. The van der Waals surface area contributed by atoms with Gasteiger partial charge in [-0.25, -0.2) is 4.98 Å². The Hall–Kier alpha value is -1.34. The Kier molecular flexibility index (Phi) is 4.54. The van der Waals surface area contributed by atoms with Crippen LogP contribution >= 0.6 is 0 Å². The van der Waals surface area contributed by atoms with Crippen molar-refractivity contribution in [3.05, 3.63) is 23.9 Å². The number of ether oxygens (including phenoxy) is 1. The summed E-state index contributed by atoms with van der Waals surface area (Å²) in [6.07, 6.45) is -1.97. The second kappa shape index (κ2) is 6.42. The fourth-order valence-corrected chi connectivity index (χ4v) is 3.02. The molecule has 0 spiro atoms. The van der Waals surface area contributed by atoms with Crippen molar-refractivity contribution in [3.8, 4) is 0 Å². The summed E-state index contributed by atoms with van der Waals surface area (Å²) in [4.78, 5) is 8.38. The Morgan fingerprint density at radius 1 is 1.23 bits per heavy atom. The van der Waals surface area contributed by atoms with Crippen molar-refractivity contribution in [2.75, 3.05) is 50.8 Å². The molecule has 0 saturated carbocycles. The van der Waals surface area contributed by atoms with Crippen LogP contribution in [0.25, 0.3) is 0 Å². The van der Waals surface area contributed by atoms with Crippen molar-refractivity contribution in [2.24, 2.45) is 5.92 Å². The highest BCUT2D eigenvalue weighted by atomic mass is 19.4.